The van der Waals surface area contributed by atoms with Crippen LogP contribution >= 0.6 is 0 Å². The van der Waals surface area contributed by atoms with Gasteiger partial charge in [0.25, 0.3) is 0 Å². The van der Waals surface area contributed by atoms with Gasteiger partial charge in [0, 0.05) is 19.3 Å². The average molecular weight is 253 g/mol. The molecule has 0 unspecified atom stereocenters. The van der Waals surface area contributed by atoms with Gasteiger partial charge in [-0.25, -0.2) is 13.4 Å². The SMILES string of the molecule is O=S1(=O)CCN(c2ncc3cn[nH]c3n2)CC1. The zero-order chi connectivity index (χ0) is 11.9. The molecule has 0 spiro atoms. The van der Waals surface area contributed by atoms with Crippen LogP contribution in [0, 0.1) is 0 Å². The van der Waals surface area contributed by atoms with E-state index in [0.29, 0.717) is 24.7 Å². The molecule has 2 aromatic heterocycles. The molecule has 0 amide bonds. The van der Waals surface area contributed by atoms with Crippen LogP contribution in [-0.4, -0.2) is 53.2 Å². The van der Waals surface area contributed by atoms with Gasteiger partial charge in [-0.15, -0.1) is 0 Å². The highest BCUT2D eigenvalue weighted by Crippen LogP contribution is 2.15. The van der Waals surface area contributed by atoms with E-state index in [2.05, 4.69) is 20.2 Å². The van der Waals surface area contributed by atoms with Gasteiger partial charge in [0.2, 0.25) is 5.95 Å². The van der Waals surface area contributed by atoms with E-state index in [1.54, 1.807) is 12.4 Å². The van der Waals surface area contributed by atoms with E-state index in [-0.39, 0.29) is 11.5 Å². The van der Waals surface area contributed by atoms with Gasteiger partial charge in [-0.1, -0.05) is 0 Å². The summed E-state index contributed by atoms with van der Waals surface area (Å²) in [7, 11) is -2.87. The highest BCUT2D eigenvalue weighted by atomic mass is 32.2. The number of anilines is 1. The van der Waals surface area contributed by atoms with Crippen LogP contribution in [0.4, 0.5) is 5.95 Å². The Hall–Kier alpha value is -1.70. The average Bonchev–Trinajstić information content (AvgIpc) is 2.76. The third kappa shape index (κ3) is 1.95. The minimum Gasteiger partial charge on any atom is -0.339 e. The number of aromatic nitrogens is 4. The summed E-state index contributed by atoms with van der Waals surface area (Å²) in [6.45, 7) is 0.893. The normalized spacial score (nSPS) is 19.6. The Labute approximate surface area is 97.8 Å². The van der Waals surface area contributed by atoms with Crippen molar-refractivity contribution < 1.29 is 8.42 Å². The molecule has 1 aliphatic heterocycles. The zero-order valence-corrected chi connectivity index (χ0v) is 9.81. The van der Waals surface area contributed by atoms with Crippen molar-refractivity contribution >= 4 is 26.8 Å². The summed E-state index contributed by atoms with van der Waals surface area (Å²) in [4.78, 5) is 10.4. The maximum Gasteiger partial charge on any atom is 0.227 e. The molecule has 0 aliphatic carbocycles. The monoisotopic (exact) mass is 253 g/mol. The molecule has 90 valence electrons. The molecule has 0 aromatic carbocycles. The van der Waals surface area contributed by atoms with E-state index in [0.717, 1.165) is 5.39 Å². The number of aromatic amines is 1. The largest absolute Gasteiger partial charge is 0.339 e. The standard InChI is InChI=1S/C9H11N5O2S/c15-17(16)3-1-14(2-4-17)9-10-5-7-6-11-13-8(7)12-9/h5-6H,1-4H2,(H,10,11,12,13). The van der Waals surface area contributed by atoms with Gasteiger partial charge in [0.1, 0.15) is 0 Å². The van der Waals surface area contributed by atoms with Gasteiger partial charge in [0.15, 0.2) is 15.5 Å². The first-order valence-electron chi connectivity index (χ1n) is 5.25. The van der Waals surface area contributed by atoms with Gasteiger partial charge in [0.05, 0.1) is 23.1 Å². The Kier molecular flexibility index (Phi) is 2.25. The molecule has 0 saturated carbocycles. The summed E-state index contributed by atoms with van der Waals surface area (Å²) in [5.74, 6) is 0.881. The van der Waals surface area contributed by atoms with Crippen LogP contribution in [0.1, 0.15) is 0 Å². The van der Waals surface area contributed by atoms with Crippen molar-refractivity contribution in [2.45, 2.75) is 0 Å². The minimum absolute atomic E-state index is 0.164. The molecule has 3 heterocycles. The van der Waals surface area contributed by atoms with E-state index < -0.39 is 9.84 Å². The van der Waals surface area contributed by atoms with Crippen LogP contribution in [0.25, 0.3) is 11.0 Å². The van der Waals surface area contributed by atoms with Crippen molar-refractivity contribution in [2.75, 3.05) is 29.5 Å². The number of sulfone groups is 1. The number of hydrogen-bond acceptors (Lipinski definition) is 6. The smallest absolute Gasteiger partial charge is 0.227 e. The summed E-state index contributed by atoms with van der Waals surface area (Å²) in [5.41, 5.74) is 0.670. The Morgan fingerprint density at radius 2 is 2.00 bits per heavy atom. The number of hydrogen-bond donors (Lipinski definition) is 1. The molecule has 0 bridgehead atoms. The van der Waals surface area contributed by atoms with Crippen LogP contribution in [0.5, 0.6) is 0 Å². The molecule has 17 heavy (non-hydrogen) atoms. The highest BCUT2D eigenvalue weighted by Gasteiger charge is 2.23. The first-order valence-corrected chi connectivity index (χ1v) is 7.08. The van der Waals surface area contributed by atoms with Crippen LogP contribution in [0.2, 0.25) is 0 Å². The molecule has 3 rings (SSSR count). The minimum atomic E-state index is -2.87. The van der Waals surface area contributed by atoms with Crippen LogP contribution in [0.3, 0.4) is 0 Å². The molecule has 8 heteroatoms. The van der Waals surface area contributed by atoms with Gasteiger partial charge in [-0.3, -0.25) is 5.10 Å². The van der Waals surface area contributed by atoms with E-state index in [9.17, 15) is 8.42 Å². The van der Waals surface area contributed by atoms with Gasteiger partial charge < -0.3 is 4.90 Å². The fourth-order valence-electron chi connectivity index (χ4n) is 1.79. The van der Waals surface area contributed by atoms with Crippen LogP contribution < -0.4 is 4.90 Å². The quantitative estimate of drug-likeness (QED) is 0.742. The van der Waals surface area contributed by atoms with Crippen LogP contribution in [-0.2, 0) is 9.84 Å². The Morgan fingerprint density at radius 1 is 1.24 bits per heavy atom. The molecule has 7 nitrogen and oxygen atoms in total. The number of H-pyrrole nitrogens is 1. The Balaban J connectivity index is 1.89. The number of nitrogens with one attached hydrogen (secondary N) is 1. The van der Waals surface area contributed by atoms with E-state index in [1.165, 1.54) is 0 Å². The zero-order valence-electron chi connectivity index (χ0n) is 9.00. The highest BCUT2D eigenvalue weighted by molar-refractivity contribution is 7.91. The second-order valence-corrected chi connectivity index (χ2v) is 6.29. The number of nitrogens with zero attached hydrogens (tertiary/aromatic N) is 4. The Bertz CT molecular complexity index is 636. The van der Waals surface area contributed by atoms with Gasteiger partial charge in [-0.05, 0) is 0 Å². The maximum atomic E-state index is 11.3. The summed E-state index contributed by atoms with van der Waals surface area (Å²) in [6.07, 6.45) is 3.34. The first kappa shape index (κ1) is 10.5. The topological polar surface area (TPSA) is 91.8 Å². The van der Waals surface area contributed by atoms with Crippen molar-refractivity contribution in [3.63, 3.8) is 0 Å². The molecular weight excluding hydrogens is 242 g/mol. The Morgan fingerprint density at radius 3 is 2.76 bits per heavy atom. The molecule has 1 fully saturated rings. The second kappa shape index (κ2) is 3.66. The summed E-state index contributed by atoms with van der Waals surface area (Å²) < 4.78 is 22.6. The summed E-state index contributed by atoms with van der Waals surface area (Å²) in [6, 6.07) is 0. The van der Waals surface area contributed by atoms with E-state index >= 15 is 0 Å². The molecule has 1 saturated heterocycles. The van der Waals surface area contributed by atoms with Crippen molar-refractivity contribution in [3.8, 4) is 0 Å². The lowest BCUT2D eigenvalue weighted by atomic mass is 10.4. The van der Waals surface area contributed by atoms with Crippen molar-refractivity contribution in [3.05, 3.63) is 12.4 Å². The van der Waals surface area contributed by atoms with Gasteiger partial charge in [-0.2, -0.15) is 10.1 Å². The van der Waals surface area contributed by atoms with E-state index in [4.69, 9.17) is 0 Å². The lowest BCUT2D eigenvalue weighted by Crippen LogP contribution is -2.41. The predicted molar refractivity (Wildman–Crippen MR) is 62.6 cm³/mol. The molecule has 1 N–H and O–H groups in total. The van der Waals surface area contributed by atoms with Crippen LogP contribution in [0.15, 0.2) is 12.4 Å². The lowest BCUT2D eigenvalue weighted by Gasteiger charge is -2.26. The molecule has 0 radical (unpaired) electrons. The molecule has 1 aliphatic rings. The third-order valence-electron chi connectivity index (χ3n) is 2.81. The maximum absolute atomic E-state index is 11.3. The molecule has 0 atom stereocenters. The van der Waals surface area contributed by atoms with Crippen molar-refractivity contribution in [1.29, 1.82) is 0 Å². The number of rotatable bonds is 1. The predicted octanol–water partition coefficient (Wildman–Crippen LogP) is -0.412. The fraction of sp³-hybridized carbons (Fsp3) is 0.444. The number of fused-ring (bicyclic) bond motifs is 1. The second-order valence-electron chi connectivity index (χ2n) is 3.98. The molecule has 2 aromatic rings. The first-order chi connectivity index (χ1) is 8.14. The summed E-state index contributed by atoms with van der Waals surface area (Å²) >= 11 is 0. The van der Waals surface area contributed by atoms with E-state index in [1.807, 2.05) is 4.90 Å². The fourth-order valence-corrected chi connectivity index (χ4v) is 2.99. The van der Waals surface area contributed by atoms with Crippen molar-refractivity contribution in [2.24, 2.45) is 0 Å². The van der Waals surface area contributed by atoms with Gasteiger partial charge >= 0.3 is 0 Å². The van der Waals surface area contributed by atoms with Crippen molar-refractivity contribution in [1.82, 2.24) is 20.2 Å². The lowest BCUT2D eigenvalue weighted by molar-refractivity contribution is 0.585. The third-order valence-corrected chi connectivity index (χ3v) is 4.41. The summed E-state index contributed by atoms with van der Waals surface area (Å²) in [5, 5.41) is 7.48. The molecular formula is C9H11N5O2S.